The van der Waals surface area contributed by atoms with Crippen molar-refractivity contribution in [2.45, 2.75) is 58.6 Å². The van der Waals surface area contributed by atoms with Crippen molar-refractivity contribution >= 4 is 12.1 Å². The molecule has 3 rings (SSSR count). The molecular weight excluding hydrogens is 372 g/mol. The third kappa shape index (κ3) is 4.93. The number of carbonyl (C=O) groups is 2. The fraction of sp³-hybridized carbons (Fsp3) is 0.524. The Kier molecular flexibility index (Phi) is 5.91. The normalized spacial score (nSPS) is 15.4. The molecule has 8 nitrogen and oxygen atoms in total. The summed E-state index contributed by atoms with van der Waals surface area (Å²) in [4.78, 5) is 29.6. The van der Waals surface area contributed by atoms with Gasteiger partial charge in [-0.25, -0.2) is 9.59 Å². The quantitative estimate of drug-likeness (QED) is 0.844. The van der Waals surface area contributed by atoms with E-state index >= 15 is 0 Å². The zero-order valence-electron chi connectivity index (χ0n) is 17.4. The van der Waals surface area contributed by atoms with Crippen molar-refractivity contribution in [3.05, 3.63) is 47.0 Å². The van der Waals surface area contributed by atoms with Crippen LogP contribution in [-0.4, -0.2) is 55.5 Å². The number of rotatable bonds is 4. The van der Waals surface area contributed by atoms with Gasteiger partial charge in [-0.3, -0.25) is 9.67 Å². The Bertz CT molecular complexity index is 892. The number of pyridine rings is 1. The minimum Gasteiger partial charge on any atom is -0.478 e. The minimum atomic E-state index is -0.961. The van der Waals surface area contributed by atoms with Crippen LogP contribution in [0.15, 0.2) is 24.7 Å². The zero-order chi connectivity index (χ0) is 21.2. The largest absolute Gasteiger partial charge is 0.478 e. The molecule has 0 spiro atoms. The molecule has 1 aliphatic rings. The lowest BCUT2D eigenvalue weighted by Gasteiger charge is -2.34. The maximum Gasteiger partial charge on any atom is 0.410 e. The summed E-state index contributed by atoms with van der Waals surface area (Å²) in [6, 6.07) is 1.68. The molecule has 0 aromatic carbocycles. The van der Waals surface area contributed by atoms with Crippen LogP contribution in [-0.2, 0) is 11.2 Å². The van der Waals surface area contributed by atoms with E-state index in [2.05, 4.69) is 10.1 Å². The van der Waals surface area contributed by atoms with E-state index in [0.29, 0.717) is 25.1 Å². The summed E-state index contributed by atoms with van der Waals surface area (Å²) in [6.45, 7) is 8.77. The van der Waals surface area contributed by atoms with Crippen LogP contribution in [0.1, 0.15) is 66.8 Å². The number of likely N-dealkylation sites (tertiary alicyclic amines) is 1. The highest BCUT2D eigenvalue weighted by Gasteiger charge is 2.29. The van der Waals surface area contributed by atoms with Crippen LogP contribution in [0.3, 0.4) is 0 Å². The molecular formula is C21H28N4O4. The number of hydrogen-bond acceptors (Lipinski definition) is 5. The van der Waals surface area contributed by atoms with Gasteiger partial charge >= 0.3 is 12.1 Å². The highest BCUT2D eigenvalue weighted by molar-refractivity contribution is 5.89. The number of aromatic nitrogens is 3. The topological polar surface area (TPSA) is 97.5 Å². The van der Waals surface area contributed by atoms with E-state index in [4.69, 9.17) is 4.74 Å². The Morgan fingerprint density at radius 2 is 1.93 bits per heavy atom. The summed E-state index contributed by atoms with van der Waals surface area (Å²) < 4.78 is 7.45. The predicted octanol–water partition coefficient (Wildman–Crippen LogP) is 3.45. The van der Waals surface area contributed by atoms with Gasteiger partial charge in [0.15, 0.2) is 0 Å². The van der Waals surface area contributed by atoms with Crippen molar-refractivity contribution in [3.63, 3.8) is 0 Å². The lowest BCUT2D eigenvalue weighted by Crippen LogP contribution is -2.42. The number of carbonyl (C=O) groups excluding carboxylic acids is 1. The van der Waals surface area contributed by atoms with E-state index in [1.54, 1.807) is 11.1 Å². The van der Waals surface area contributed by atoms with Gasteiger partial charge in [0.1, 0.15) is 5.60 Å². The molecule has 1 aliphatic heterocycles. The Hall–Kier alpha value is -2.90. The van der Waals surface area contributed by atoms with E-state index < -0.39 is 11.6 Å². The molecule has 1 fully saturated rings. The molecule has 2 aromatic heterocycles. The second kappa shape index (κ2) is 8.23. The first-order chi connectivity index (χ1) is 13.7. The molecule has 8 heteroatoms. The van der Waals surface area contributed by atoms with Gasteiger partial charge in [-0.2, -0.15) is 5.10 Å². The van der Waals surface area contributed by atoms with Crippen molar-refractivity contribution in [2.75, 3.05) is 13.1 Å². The number of carboxylic acids is 1. The Morgan fingerprint density at radius 3 is 2.55 bits per heavy atom. The van der Waals surface area contributed by atoms with Crippen molar-refractivity contribution < 1.29 is 19.4 Å². The summed E-state index contributed by atoms with van der Waals surface area (Å²) in [5.41, 5.74) is 2.41. The van der Waals surface area contributed by atoms with Crippen LogP contribution in [0, 0.1) is 6.92 Å². The van der Waals surface area contributed by atoms with Crippen molar-refractivity contribution in [2.24, 2.45) is 0 Å². The van der Waals surface area contributed by atoms with E-state index in [-0.39, 0.29) is 17.7 Å². The monoisotopic (exact) mass is 400 g/mol. The zero-order valence-corrected chi connectivity index (χ0v) is 17.4. The molecule has 0 bridgehead atoms. The number of aryl methyl sites for hydroxylation is 1. The van der Waals surface area contributed by atoms with Gasteiger partial charge < -0.3 is 14.7 Å². The van der Waals surface area contributed by atoms with E-state index in [1.807, 2.05) is 38.6 Å². The summed E-state index contributed by atoms with van der Waals surface area (Å²) in [6.07, 6.45) is 6.61. The number of carboxylic acid groups (broad SMARTS) is 1. The third-order valence-electron chi connectivity index (χ3n) is 5.06. The fourth-order valence-corrected chi connectivity index (χ4v) is 3.59. The third-order valence-corrected chi connectivity index (χ3v) is 5.06. The van der Waals surface area contributed by atoms with Gasteiger partial charge in [-0.05, 0) is 57.7 Å². The van der Waals surface area contributed by atoms with E-state index in [0.717, 1.165) is 24.1 Å². The summed E-state index contributed by atoms with van der Waals surface area (Å²) in [5.74, 6) is -0.961. The summed E-state index contributed by atoms with van der Waals surface area (Å²) in [7, 11) is 0. The second-order valence-corrected chi connectivity index (χ2v) is 8.43. The molecule has 2 aromatic rings. The van der Waals surface area contributed by atoms with Crippen LogP contribution in [0.2, 0.25) is 0 Å². The first kappa shape index (κ1) is 20.8. The van der Waals surface area contributed by atoms with Gasteiger partial charge in [0.25, 0.3) is 0 Å². The summed E-state index contributed by atoms with van der Waals surface area (Å²) >= 11 is 0. The molecule has 1 N–H and O–H groups in total. The van der Waals surface area contributed by atoms with Crippen molar-refractivity contribution in [3.8, 4) is 0 Å². The Labute approximate surface area is 170 Å². The van der Waals surface area contributed by atoms with E-state index in [9.17, 15) is 14.7 Å². The van der Waals surface area contributed by atoms with Crippen molar-refractivity contribution in [1.82, 2.24) is 19.7 Å². The average Bonchev–Trinajstić information content (AvgIpc) is 3.01. The smallest absolute Gasteiger partial charge is 0.410 e. The van der Waals surface area contributed by atoms with Gasteiger partial charge in [-0.15, -0.1) is 0 Å². The highest BCUT2D eigenvalue weighted by Crippen LogP contribution is 2.27. The number of nitrogens with zero attached hydrogens (tertiary/aromatic N) is 4. The molecule has 3 heterocycles. The molecule has 1 amide bonds. The van der Waals surface area contributed by atoms with Crippen LogP contribution < -0.4 is 0 Å². The lowest BCUT2D eigenvalue weighted by atomic mass is 10.0. The fourth-order valence-electron chi connectivity index (χ4n) is 3.59. The average molecular weight is 400 g/mol. The maximum atomic E-state index is 12.3. The summed E-state index contributed by atoms with van der Waals surface area (Å²) in [5, 5.41) is 14.0. The molecule has 1 saturated heterocycles. The van der Waals surface area contributed by atoms with Gasteiger partial charge in [0.2, 0.25) is 0 Å². The van der Waals surface area contributed by atoms with Gasteiger partial charge in [0, 0.05) is 37.6 Å². The minimum absolute atomic E-state index is 0.155. The predicted molar refractivity (Wildman–Crippen MR) is 107 cm³/mol. The molecule has 0 saturated carbocycles. The number of amides is 1. The van der Waals surface area contributed by atoms with E-state index in [1.165, 1.54) is 12.3 Å². The maximum absolute atomic E-state index is 12.3. The SMILES string of the molecule is Cc1cnn(C2CCN(C(=O)OC(C)(C)C)CC2)c1Cc1cnccc1C(=O)O. The molecule has 0 unspecified atom stereocenters. The first-order valence-corrected chi connectivity index (χ1v) is 9.83. The van der Waals surface area contributed by atoms with Gasteiger partial charge in [-0.1, -0.05) is 0 Å². The van der Waals surface area contributed by atoms with Crippen LogP contribution in [0.25, 0.3) is 0 Å². The number of ether oxygens (including phenoxy) is 1. The second-order valence-electron chi connectivity index (χ2n) is 8.43. The molecule has 29 heavy (non-hydrogen) atoms. The Morgan fingerprint density at radius 1 is 1.24 bits per heavy atom. The van der Waals surface area contributed by atoms with Crippen LogP contribution >= 0.6 is 0 Å². The first-order valence-electron chi connectivity index (χ1n) is 9.83. The number of piperidine rings is 1. The lowest BCUT2D eigenvalue weighted by molar-refractivity contribution is 0.0184. The molecule has 0 radical (unpaired) electrons. The molecule has 156 valence electrons. The number of hydrogen-bond donors (Lipinski definition) is 1. The van der Waals surface area contributed by atoms with Crippen LogP contribution in [0.4, 0.5) is 4.79 Å². The molecule has 0 atom stereocenters. The standard InChI is InChI=1S/C21H28N4O4/c1-14-12-23-25(18(14)11-15-13-22-8-5-17(15)19(26)27)16-6-9-24(10-7-16)20(28)29-21(2,3)4/h5,8,12-13,16H,6-7,9-11H2,1-4H3,(H,26,27). The Balaban J connectivity index is 1.73. The van der Waals surface area contributed by atoms with Gasteiger partial charge in [0.05, 0.1) is 17.8 Å². The highest BCUT2D eigenvalue weighted by atomic mass is 16.6. The van der Waals surface area contributed by atoms with Crippen molar-refractivity contribution in [1.29, 1.82) is 0 Å². The van der Waals surface area contributed by atoms with Crippen LogP contribution in [0.5, 0.6) is 0 Å². The molecule has 0 aliphatic carbocycles. The number of aromatic carboxylic acids is 1.